The molecule has 0 saturated carbocycles. The monoisotopic (exact) mass is 379 g/mol. The van der Waals surface area contributed by atoms with E-state index in [1.54, 1.807) is 18.6 Å². The van der Waals surface area contributed by atoms with Gasteiger partial charge in [0.05, 0.1) is 17.1 Å². The summed E-state index contributed by atoms with van der Waals surface area (Å²) in [5, 5.41) is 6.01. The third kappa shape index (κ3) is 3.37. The lowest BCUT2D eigenvalue weighted by molar-refractivity contribution is 0.103. The first-order valence-electron chi connectivity index (χ1n) is 7.77. The van der Waals surface area contributed by atoms with Crippen LogP contribution in [0.4, 0.5) is 5.13 Å². The highest BCUT2D eigenvalue weighted by atomic mass is 32.1. The number of thiazole rings is 2. The lowest BCUT2D eigenvalue weighted by Crippen LogP contribution is -2.11. The Morgan fingerprint density at radius 1 is 1.08 bits per heavy atom. The smallest absolute Gasteiger partial charge is 0.269 e. The molecule has 0 spiro atoms. The fraction of sp³-hybridized carbons (Fsp3) is 0.0556. The fourth-order valence-corrected chi connectivity index (χ4v) is 3.99. The SMILES string of the molecule is Cc1nc(-c2ccccn2)sc1C(=O)Nc1nc(-c2cccnc2)cs1. The molecule has 1 amide bonds. The molecule has 0 atom stereocenters. The van der Waals surface area contributed by atoms with Crippen LogP contribution in [0, 0.1) is 6.92 Å². The molecule has 4 aromatic rings. The molecule has 4 heterocycles. The zero-order chi connectivity index (χ0) is 17.9. The Hall–Kier alpha value is -2.97. The molecule has 0 unspecified atom stereocenters. The van der Waals surface area contributed by atoms with Crippen molar-refractivity contribution in [1.82, 2.24) is 19.9 Å². The largest absolute Gasteiger partial charge is 0.297 e. The second-order valence-corrected chi connectivity index (χ2v) is 7.24. The zero-order valence-corrected chi connectivity index (χ0v) is 15.3. The van der Waals surface area contributed by atoms with E-state index in [1.807, 2.05) is 42.6 Å². The summed E-state index contributed by atoms with van der Waals surface area (Å²) in [7, 11) is 0. The van der Waals surface area contributed by atoms with E-state index in [0.717, 1.165) is 22.0 Å². The Morgan fingerprint density at radius 2 is 2.00 bits per heavy atom. The van der Waals surface area contributed by atoms with Crippen LogP contribution in [0.1, 0.15) is 15.4 Å². The number of aryl methyl sites for hydroxylation is 1. The zero-order valence-electron chi connectivity index (χ0n) is 13.7. The first kappa shape index (κ1) is 16.5. The molecule has 4 aromatic heterocycles. The molecule has 0 radical (unpaired) electrons. The second kappa shape index (κ2) is 7.11. The summed E-state index contributed by atoms with van der Waals surface area (Å²) in [5.74, 6) is -0.214. The summed E-state index contributed by atoms with van der Waals surface area (Å²) < 4.78 is 0. The number of nitrogens with zero attached hydrogens (tertiary/aromatic N) is 4. The van der Waals surface area contributed by atoms with Gasteiger partial charge in [0.1, 0.15) is 9.88 Å². The van der Waals surface area contributed by atoms with Gasteiger partial charge in [-0.05, 0) is 31.2 Å². The Kier molecular flexibility index (Phi) is 4.51. The van der Waals surface area contributed by atoms with Gasteiger partial charge in [0.2, 0.25) is 0 Å². The highest BCUT2D eigenvalue weighted by Gasteiger charge is 2.18. The summed E-state index contributed by atoms with van der Waals surface area (Å²) in [6.45, 7) is 1.82. The van der Waals surface area contributed by atoms with Crippen LogP contribution in [0.2, 0.25) is 0 Å². The number of anilines is 1. The predicted octanol–water partition coefficient (Wildman–Crippen LogP) is 4.28. The minimum absolute atomic E-state index is 0.214. The van der Waals surface area contributed by atoms with Crippen LogP contribution in [0.3, 0.4) is 0 Å². The van der Waals surface area contributed by atoms with Crippen molar-refractivity contribution in [2.75, 3.05) is 5.32 Å². The van der Waals surface area contributed by atoms with Crippen molar-refractivity contribution in [3.05, 3.63) is 64.9 Å². The van der Waals surface area contributed by atoms with Crippen molar-refractivity contribution in [2.24, 2.45) is 0 Å². The van der Waals surface area contributed by atoms with Gasteiger partial charge in [-0.25, -0.2) is 9.97 Å². The molecule has 4 rings (SSSR count). The maximum Gasteiger partial charge on any atom is 0.269 e. The van der Waals surface area contributed by atoms with Gasteiger partial charge in [0.25, 0.3) is 5.91 Å². The normalized spacial score (nSPS) is 10.7. The number of carbonyl (C=O) groups is 1. The van der Waals surface area contributed by atoms with Gasteiger partial charge in [-0.3, -0.25) is 20.1 Å². The summed E-state index contributed by atoms with van der Waals surface area (Å²) in [4.78, 5) is 30.5. The second-order valence-electron chi connectivity index (χ2n) is 5.38. The van der Waals surface area contributed by atoms with Crippen molar-refractivity contribution >= 4 is 33.7 Å². The Bertz CT molecular complexity index is 1040. The predicted molar refractivity (Wildman–Crippen MR) is 103 cm³/mol. The molecule has 26 heavy (non-hydrogen) atoms. The van der Waals surface area contributed by atoms with Gasteiger partial charge in [-0.1, -0.05) is 6.07 Å². The van der Waals surface area contributed by atoms with Gasteiger partial charge < -0.3 is 0 Å². The third-order valence-electron chi connectivity index (χ3n) is 3.57. The molecule has 128 valence electrons. The Balaban J connectivity index is 1.54. The third-order valence-corrected chi connectivity index (χ3v) is 5.51. The number of nitrogens with one attached hydrogen (secondary N) is 1. The van der Waals surface area contributed by atoms with Gasteiger partial charge in [0.15, 0.2) is 5.13 Å². The number of pyridine rings is 2. The molecule has 6 nitrogen and oxygen atoms in total. The maximum absolute atomic E-state index is 12.6. The lowest BCUT2D eigenvalue weighted by Gasteiger charge is -1.99. The van der Waals surface area contributed by atoms with Crippen LogP contribution in [-0.4, -0.2) is 25.8 Å². The molecule has 8 heteroatoms. The minimum atomic E-state index is -0.214. The van der Waals surface area contributed by atoms with Crippen molar-refractivity contribution < 1.29 is 4.79 Å². The molecule has 0 aliphatic heterocycles. The van der Waals surface area contributed by atoms with E-state index in [0.29, 0.717) is 15.7 Å². The first-order chi connectivity index (χ1) is 12.7. The minimum Gasteiger partial charge on any atom is -0.297 e. The first-order valence-corrected chi connectivity index (χ1v) is 9.46. The van der Waals surface area contributed by atoms with Gasteiger partial charge >= 0.3 is 0 Å². The van der Waals surface area contributed by atoms with E-state index >= 15 is 0 Å². The van der Waals surface area contributed by atoms with Crippen LogP contribution in [0.15, 0.2) is 54.3 Å². The topological polar surface area (TPSA) is 80.7 Å². The van der Waals surface area contributed by atoms with E-state index in [9.17, 15) is 4.79 Å². The fourth-order valence-electron chi connectivity index (χ4n) is 2.34. The van der Waals surface area contributed by atoms with Crippen LogP contribution in [0.5, 0.6) is 0 Å². The van der Waals surface area contributed by atoms with Crippen molar-refractivity contribution in [2.45, 2.75) is 6.92 Å². The summed E-state index contributed by atoms with van der Waals surface area (Å²) in [6.07, 6.45) is 5.17. The van der Waals surface area contributed by atoms with Crippen LogP contribution < -0.4 is 5.32 Å². The highest BCUT2D eigenvalue weighted by molar-refractivity contribution is 7.17. The van der Waals surface area contributed by atoms with Crippen molar-refractivity contribution in [3.63, 3.8) is 0 Å². The number of hydrogen-bond acceptors (Lipinski definition) is 7. The average molecular weight is 379 g/mol. The highest BCUT2D eigenvalue weighted by Crippen LogP contribution is 2.28. The Morgan fingerprint density at radius 3 is 2.77 bits per heavy atom. The van der Waals surface area contributed by atoms with Gasteiger partial charge in [-0.15, -0.1) is 22.7 Å². The standard InChI is InChI=1S/C18H13N5OS2/c1-11-15(26-17(21-11)13-6-2-3-8-20-13)16(24)23-18-22-14(10-25-18)12-5-4-7-19-9-12/h2-10H,1H3,(H,22,23,24). The summed E-state index contributed by atoms with van der Waals surface area (Å²) in [5.41, 5.74) is 3.13. The number of amides is 1. The van der Waals surface area contributed by atoms with Crippen molar-refractivity contribution in [3.8, 4) is 22.0 Å². The van der Waals surface area contributed by atoms with E-state index < -0.39 is 0 Å². The summed E-state index contributed by atoms with van der Waals surface area (Å²) >= 11 is 2.70. The molecule has 0 aliphatic rings. The van der Waals surface area contributed by atoms with Gasteiger partial charge in [0, 0.05) is 29.5 Å². The summed E-state index contributed by atoms with van der Waals surface area (Å²) in [6, 6.07) is 9.40. The quantitative estimate of drug-likeness (QED) is 0.572. The number of aromatic nitrogens is 4. The van der Waals surface area contributed by atoms with Gasteiger partial charge in [-0.2, -0.15) is 0 Å². The molecular formula is C18H13N5OS2. The number of hydrogen-bond donors (Lipinski definition) is 1. The van der Waals surface area contributed by atoms with E-state index in [1.165, 1.54) is 22.7 Å². The molecule has 0 fully saturated rings. The van der Waals surface area contributed by atoms with E-state index in [-0.39, 0.29) is 5.91 Å². The molecular weight excluding hydrogens is 366 g/mol. The Labute approximate surface area is 157 Å². The average Bonchev–Trinajstić information content (AvgIpc) is 3.30. The maximum atomic E-state index is 12.6. The molecule has 1 N–H and O–H groups in total. The van der Waals surface area contributed by atoms with Crippen molar-refractivity contribution in [1.29, 1.82) is 0 Å². The van der Waals surface area contributed by atoms with Crippen LogP contribution >= 0.6 is 22.7 Å². The van der Waals surface area contributed by atoms with E-state index in [4.69, 9.17) is 0 Å². The van der Waals surface area contributed by atoms with Crippen LogP contribution in [-0.2, 0) is 0 Å². The van der Waals surface area contributed by atoms with Crippen LogP contribution in [0.25, 0.3) is 22.0 Å². The molecule has 0 saturated heterocycles. The number of carbonyl (C=O) groups excluding carboxylic acids is 1. The molecule has 0 bridgehead atoms. The molecule has 0 aliphatic carbocycles. The lowest BCUT2D eigenvalue weighted by atomic mass is 10.2. The number of rotatable bonds is 4. The van der Waals surface area contributed by atoms with E-state index in [2.05, 4.69) is 25.3 Å². The molecule has 0 aromatic carbocycles.